The maximum Gasteiger partial charge on any atom is 0.386 e. The molecule has 4 aromatic rings. The molecule has 44 heavy (non-hydrogen) atoms. The summed E-state index contributed by atoms with van der Waals surface area (Å²) in [6.07, 6.45) is -7.66. The van der Waals surface area contributed by atoms with Gasteiger partial charge in [-0.15, -0.1) is 0 Å². The molecule has 10 atom stereocenters. The quantitative estimate of drug-likeness (QED) is 0.168. The molecule has 4 aromatic heterocycles. The van der Waals surface area contributed by atoms with E-state index in [2.05, 4.69) is 32.2 Å². The Morgan fingerprint density at radius 2 is 1.84 bits per heavy atom. The number of aliphatic hydroxyl groups excluding tert-OH is 1. The van der Waals surface area contributed by atoms with Crippen LogP contribution in [0.15, 0.2) is 36.0 Å². The zero-order valence-corrected chi connectivity index (χ0v) is 25.7. The molecule has 0 amide bonds. The number of nitrogen functional groups attached to an aromatic ring is 1. The Hall–Kier alpha value is -2.39. The molecule has 0 spiro atoms. The molecular weight excluding hydrogens is 669 g/mol. The number of hydrogen-bond acceptors (Lipinski definition) is 15. The number of nitrogens with two attached hydrogens (primary N) is 1. The average Bonchev–Trinajstić information content (AvgIpc) is 3.72. The van der Waals surface area contributed by atoms with Crippen LogP contribution in [-0.2, 0) is 51.0 Å². The summed E-state index contributed by atoms with van der Waals surface area (Å²) in [6.45, 7) is -9.40. The number of aromatic nitrogens is 7. The van der Waals surface area contributed by atoms with Gasteiger partial charge in [-0.25, -0.2) is 28.9 Å². The van der Waals surface area contributed by atoms with Gasteiger partial charge >= 0.3 is 13.5 Å². The number of nitrogens with zero attached hydrogens (tertiary/aromatic N) is 7. The normalized spacial score (nSPS) is 38.0. The van der Waals surface area contributed by atoms with Gasteiger partial charge in [-0.05, 0) is 11.8 Å². The number of fused-ring (bicyclic) bond motifs is 5. The van der Waals surface area contributed by atoms with Gasteiger partial charge in [-0.1, -0.05) is 12.2 Å². The van der Waals surface area contributed by atoms with E-state index in [0.717, 1.165) is 6.33 Å². The monoisotopic (exact) mass is 692 g/mol. The largest absolute Gasteiger partial charge is 0.386 e. The van der Waals surface area contributed by atoms with Gasteiger partial charge in [-0.2, -0.15) is 0 Å². The first-order valence-corrected chi connectivity index (χ1v) is 18.1. The van der Waals surface area contributed by atoms with Crippen LogP contribution in [0.1, 0.15) is 12.5 Å². The van der Waals surface area contributed by atoms with Gasteiger partial charge in [0, 0.05) is 19.3 Å². The second-order valence-corrected chi connectivity index (χ2v) is 15.7. The Morgan fingerprint density at radius 1 is 1.09 bits per heavy atom. The fourth-order valence-electron chi connectivity index (χ4n) is 5.33. The third-order valence-electron chi connectivity index (χ3n) is 7.31. The smallest absolute Gasteiger partial charge is 0.385 e. The highest BCUT2D eigenvalue weighted by Gasteiger charge is 2.55. The van der Waals surface area contributed by atoms with Crippen LogP contribution < -0.4 is 11.2 Å². The van der Waals surface area contributed by atoms with E-state index in [4.69, 9.17) is 45.1 Å². The second-order valence-electron chi connectivity index (χ2n) is 10.1. The average molecular weight is 693 g/mol. The van der Waals surface area contributed by atoms with Gasteiger partial charge < -0.3 is 29.8 Å². The number of imidazole rings is 2. The van der Waals surface area contributed by atoms with Crippen molar-refractivity contribution in [3.05, 3.63) is 41.5 Å². The fraction of sp³-hybridized carbons (Fsp3) is 0.476. The van der Waals surface area contributed by atoms with Crippen molar-refractivity contribution in [2.24, 2.45) is 7.05 Å². The lowest BCUT2D eigenvalue weighted by Crippen LogP contribution is -2.37. The number of rotatable bonds is 2. The summed E-state index contributed by atoms with van der Waals surface area (Å²) in [4.78, 5) is 39.6. The summed E-state index contributed by atoms with van der Waals surface area (Å²) in [5.41, 5.74) is 6.13. The van der Waals surface area contributed by atoms with Crippen molar-refractivity contribution in [3.63, 3.8) is 0 Å². The van der Waals surface area contributed by atoms with Crippen molar-refractivity contribution in [2.45, 2.75) is 49.3 Å². The highest BCUT2D eigenvalue weighted by Crippen LogP contribution is 2.59. The standard InChI is InChI=1S/C21H23FN8O10P2S2/c1-28-3-2-8(31)11-18(28)30(7-26-11)20-15-13(32)21(37-20)40-42(34,44)38-14-9(4-35-41(33,43)39-15)36-19(10(14)22)29-6-27-12-16(23)24-5-25-17(12)29/h2-3,5-7,9-10,13-15,19-21,32H,4H2,1H3,(H,33,43)(H,34,44)(H2,23,24,25)/t9-,10-,13+,14-,15-,19-,20-,21-,41?,42?/m1/s1. The van der Waals surface area contributed by atoms with Crippen LogP contribution in [0, 0.1) is 0 Å². The maximum atomic E-state index is 16.0. The molecule has 23 heteroatoms. The lowest BCUT2D eigenvalue weighted by atomic mass is 10.1. The molecule has 0 radical (unpaired) electrons. The van der Waals surface area contributed by atoms with Crippen LogP contribution in [0.5, 0.6) is 0 Å². The number of pyridine rings is 1. The first-order valence-electron chi connectivity index (χ1n) is 12.8. The predicted octanol–water partition coefficient (Wildman–Crippen LogP) is 0.680. The molecule has 3 aliphatic rings. The van der Waals surface area contributed by atoms with E-state index in [1.54, 1.807) is 11.6 Å². The van der Waals surface area contributed by atoms with Gasteiger partial charge in [-0.3, -0.25) is 32.0 Å². The van der Waals surface area contributed by atoms with E-state index in [1.807, 2.05) is 0 Å². The van der Waals surface area contributed by atoms with Crippen molar-refractivity contribution < 1.29 is 46.5 Å². The first kappa shape index (κ1) is 30.3. The molecule has 2 bridgehead atoms. The minimum absolute atomic E-state index is 0.0541. The van der Waals surface area contributed by atoms with Crippen LogP contribution in [0.25, 0.3) is 22.3 Å². The number of aliphatic hydroxyl groups is 1. The molecule has 2 unspecified atom stereocenters. The molecular formula is C21H23FN8O10P2S2. The van der Waals surface area contributed by atoms with Crippen molar-refractivity contribution >= 4 is 65.7 Å². The topological polar surface area (TPSA) is 222 Å². The fourth-order valence-corrected chi connectivity index (χ4v) is 8.39. The zero-order chi connectivity index (χ0) is 31.1. The third kappa shape index (κ3) is 5.10. The van der Waals surface area contributed by atoms with Crippen LogP contribution in [0.2, 0.25) is 0 Å². The van der Waals surface area contributed by atoms with Crippen LogP contribution >= 0.6 is 25.8 Å². The number of anilines is 1. The number of hydrogen-bond donors (Lipinski definition) is 4. The summed E-state index contributed by atoms with van der Waals surface area (Å²) in [7, 11) is 1.64. The van der Waals surface area contributed by atoms with Crippen LogP contribution in [0.4, 0.5) is 10.2 Å². The van der Waals surface area contributed by atoms with Gasteiger partial charge in [0.25, 0.3) is 0 Å². The molecule has 7 rings (SSSR count). The van der Waals surface area contributed by atoms with Gasteiger partial charge in [0.15, 0.2) is 41.9 Å². The van der Waals surface area contributed by atoms with E-state index in [1.165, 1.54) is 34.1 Å². The molecule has 3 saturated heterocycles. The number of aryl methyl sites for hydroxylation is 1. The number of thiol groups is 1. The van der Waals surface area contributed by atoms with E-state index in [0.29, 0.717) is 0 Å². The summed E-state index contributed by atoms with van der Waals surface area (Å²) in [6, 6.07) is 1.31. The van der Waals surface area contributed by atoms with E-state index in [9.17, 15) is 19.4 Å². The Bertz CT molecular complexity index is 1930. The Labute approximate surface area is 255 Å². The first-order chi connectivity index (χ1) is 20.8. The molecule has 3 fully saturated rings. The molecule has 236 valence electrons. The maximum absolute atomic E-state index is 16.0. The van der Waals surface area contributed by atoms with E-state index in [-0.39, 0.29) is 33.6 Å². The van der Waals surface area contributed by atoms with Crippen molar-refractivity contribution in [3.8, 4) is 0 Å². The Morgan fingerprint density at radius 3 is 2.64 bits per heavy atom. The highest BCUT2D eigenvalue weighted by atomic mass is 32.7. The zero-order valence-electron chi connectivity index (χ0n) is 22.2. The molecule has 0 aliphatic carbocycles. The van der Waals surface area contributed by atoms with Crippen molar-refractivity contribution in [1.29, 1.82) is 0 Å². The van der Waals surface area contributed by atoms with E-state index < -0.39 is 69.5 Å². The molecule has 4 N–H and O–H groups in total. The molecule has 0 saturated carbocycles. The molecule has 18 nitrogen and oxygen atoms in total. The second kappa shape index (κ2) is 10.9. The van der Waals surface area contributed by atoms with Gasteiger partial charge in [0.2, 0.25) is 5.43 Å². The van der Waals surface area contributed by atoms with Gasteiger partial charge in [0.1, 0.15) is 41.9 Å². The lowest BCUT2D eigenvalue weighted by molar-refractivity contribution is -0.133. The molecule has 7 heterocycles. The van der Waals surface area contributed by atoms with Gasteiger partial charge in [0.05, 0.1) is 19.3 Å². The molecule has 3 aliphatic heterocycles. The lowest BCUT2D eigenvalue weighted by Gasteiger charge is -2.29. The highest BCUT2D eigenvalue weighted by molar-refractivity contribution is 8.44. The number of alkyl halides is 1. The van der Waals surface area contributed by atoms with E-state index >= 15 is 4.39 Å². The minimum atomic E-state index is -4.41. The molecule has 0 aromatic carbocycles. The summed E-state index contributed by atoms with van der Waals surface area (Å²) >= 11 is 9.24. The number of ether oxygens (including phenoxy) is 2. The van der Waals surface area contributed by atoms with Crippen molar-refractivity contribution in [2.75, 3.05) is 12.3 Å². The Kier molecular flexibility index (Phi) is 7.47. The van der Waals surface area contributed by atoms with Crippen LogP contribution in [0.3, 0.4) is 0 Å². The number of halogens is 1. The SMILES string of the molecule is Cn1ccc(=O)c2ncn([C@@H]3O[C@@H]4OP(O)(=S)O[C@H]5[C@@H](F)[C@H](n6cnc7c(N)ncnc76)O[C@@H]5COP(=O)(S)O[C@@H]3[C@@H]4O)c21. The summed E-state index contributed by atoms with van der Waals surface area (Å²) in [5.74, 6) is 0.0541. The summed E-state index contributed by atoms with van der Waals surface area (Å²) < 4.78 is 67.6. The summed E-state index contributed by atoms with van der Waals surface area (Å²) in [5, 5.41) is 11.1. The van der Waals surface area contributed by atoms with Crippen LogP contribution in [-0.4, -0.2) is 87.1 Å². The minimum Gasteiger partial charge on any atom is -0.385 e. The predicted molar refractivity (Wildman–Crippen MR) is 153 cm³/mol. The van der Waals surface area contributed by atoms with Crippen molar-refractivity contribution in [1.82, 2.24) is 33.6 Å². The Balaban J connectivity index is 1.22. The third-order valence-corrected chi connectivity index (χ3v) is 10.4.